The summed E-state index contributed by atoms with van der Waals surface area (Å²) in [6.07, 6.45) is 4.09. The van der Waals surface area contributed by atoms with Gasteiger partial charge in [-0.05, 0) is 17.7 Å². The van der Waals surface area contributed by atoms with Gasteiger partial charge in [0.05, 0.1) is 23.4 Å². The lowest BCUT2D eigenvalue weighted by Crippen LogP contribution is -2.35. The second-order valence-electron chi connectivity index (χ2n) is 6.31. The summed E-state index contributed by atoms with van der Waals surface area (Å²) in [7, 11) is 3.77. The molecule has 0 unspecified atom stereocenters. The van der Waals surface area contributed by atoms with Crippen molar-refractivity contribution in [3.8, 4) is 0 Å². The fraction of sp³-hybridized carbons (Fsp3) is 0.353. The number of nitrogens with one attached hydrogen (secondary N) is 2. The van der Waals surface area contributed by atoms with Crippen LogP contribution in [0.25, 0.3) is 10.9 Å². The van der Waals surface area contributed by atoms with Gasteiger partial charge in [-0.2, -0.15) is 10.2 Å². The van der Waals surface area contributed by atoms with Crippen LogP contribution in [0.5, 0.6) is 0 Å². The van der Waals surface area contributed by atoms with E-state index in [4.69, 9.17) is 0 Å². The highest BCUT2D eigenvalue weighted by molar-refractivity contribution is 5.80. The molecule has 1 saturated heterocycles. The predicted molar refractivity (Wildman–Crippen MR) is 90.1 cm³/mol. The average molecular weight is 324 g/mol. The molecule has 3 heterocycles. The molecular weight excluding hydrogens is 304 g/mol. The monoisotopic (exact) mass is 324 g/mol. The Kier molecular flexibility index (Phi) is 3.57. The van der Waals surface area contributed by atoms with Gasteiger partial charge in [0.1, 0.15) is 0 Å². The van der Waals surface area contributed by atoms with E-state index < -0.39 is 0 Å². The van der Waals surface area contributed by atoms with Crippen LogP contribution in [0.3, 0.4) is 0 Å². The van der Waals surface area contributed by atoms with Gasteiger partial charge in [-0.1, -0.05) is 12.1 Å². The molecular formula is C17H20N6O. The van der Waals surface area contributed by atoms with E-state index in [1.165, 1.54) is 0 Å². The molecule has 4 rings (SSSR count). The third kappa shape index (κ3) is 2.46. The van der Waals surface area contributed by atoms with Gasteiger partial charge in [-0.25, -0.2) is 0 Å². The van der Waals surface area contributed by atoms with Crippen molar-refractivity contribution < 1.29 is 4.79 Å². The Bertz CT molecular complexity index is 882. The zero-order valence-corrected chi connectivity index (χ0v) is 13.7. The van der Waals surface area contributed by atoms with Crippen molar-refractivity contribution in [1.29, 1.82) is 0 Å². The SMILES string of the molecule is CN1C(=O)C[C@@H](NCc2ccc3cn[nH]c3c2)[C@@H]1c1ccnn1C. The van der Waals surface area contributed by atoms with Crippen LogP contribution in [0.1, 0.15) is 23.7 Å². The Labute approximate surface area is 139 Å². The zero-order valence-electron chi connectivity index (χ0n) is 13.7. The summed E-state index contributed by atoms with van der Waals surface area (Å²) in [5.74, 6) is 0.155. The predicted octanol–water partition coefficient (Wildman–Crippen LogP) is 1.36. The minimum atomic E-state index is 0.000820. The van der Waals surface area contributed by atoms with Gasteiger partial charge in [-0.3, -0.25) is 14.6 Å². The maximum Gasteiger partial charge on any atom is 0.224 e. The highest BCUT2D eigenvalue weighted by atomic mass is 16.2. The molecule has 1 amide bonds. The summed E-state index contributed by atoms with van der Waals surface area (Å²) in [6.45, 7) is 0.703. The van der Waals surface area contributed by atoms with Crippen LogP contribution < -0.4 is 5.32 Å². The molecule has 1 aromatic carbocycles. The molecule has 0 spiro atoms. The fourth-order valence-corrected chi connectivity index (χ4v) is 3.47. The van der Waals surface area contributed by atoms with E-state index in [2.05, 4.69) is 38.8 Å². The van der Waals surface area contributed by atoms with Crippen LogP contribution in [-0.4, -0.2) is 43.9 Å². The van der Waals surface area contributed by atoms with Crippen molar-refractivity contribution in [2.24, 2.45) is 7.05 Å². The summed E-state index contributed by atoms with van der Waals surface area (Å²) in [6, 6.07) is 8.28. The number of benzene rings is 1. The first-order valence-electron chi connectivity index (χ1n) is 8.02. The Hall–Kier alpha value is -2.67. The van der Waals surface area contributed by atoms with Crippen LogP contribution in [0.15, 0.2) is 36.7 Å². The number of carbonyl (C=O) groups is 1. The second-order valence-corrected chi connectivity index (χ2v) is 6.31. The van der Waals surface area contributed by atoms with Gasteiger partial charge in [0.15, 0.2) is 0 Å². The van der Waals surface area contributed by atoms with E-state index in [-0.39, 0.29) is 18.0 Å². The molecule has 1 fully saturated rings. The lowest BCUT2D eigenvalue weighted by molar-refractivity contribution is -0.127. The number of carbonyl (C=O) groups excluding carboxylic acids is 1. The van der Waals surface area contributed by atoms with Gasteiger partial charge in [-0.15, -0.1) is 0 Å². The summed E-state index contributed by atoms with van der Waals surface area (Å²) < 4.78 is 1.84. The van der Waals surface area contributed by atoms with E-state index in [0.717, 1.165) is 22.2 Å². The average Bonchev–Trinajstić information content (AvgIpc) is 3.26. The van der Waals surface area contributed by atoms with E-state index in [1.807, 2.05) is 35.9 Å². The molecule has 2 atom stereocenters. The first-order chi connectivity index (χ1) is 11.6. The molecule has 1 aliphatic heterocycles. The van der Waals surface area contributed by atoms with E-state index >= 15 is 0 Å². The zero-order chi connectivity index (χ0) is 16.7. The number of aromatic amines is 1. The minimum Gasteiger partial charge on any atom is -0.336 e. The van der Waals surface area contributed by atoms with Gasteiger partial charge in [0, 0.05) is 44.7 Å². The molecule has 2 N–H and O–H groups in total. The van der Waals surface area contributed by atoms with Crippen LogP contribution in [0.4, 0.5) is 0 Å². The Morgan fingerprint density at radius 3 is 3.00 bits per heavy atom. The number of aryl methyl sites for hydroxylation is 1. The normalized spacial score (nSPS) is 21.1. The van der Waals surface area contributed by atoms with E-state index in [1.54, 1.807) is 6.20 Å². The molecule has 24 heavy (non-hydrogen) atoms. The van der Waals surface area contributed by atoms with Crippen molar-refractivity contribution >= 4 is 16.8 Å². The van der Waals surface area contributed by atoms with Crippen LogP contribution in [0, 0.1) is 0 Å². The summed E-state index contributed by atoms with van der Waals surface area (Å²) >= 11 is 0. The van der Waals surface area contributed by atoms with Crippen LogP contribution in [-0.2, 0) is 18.4 Å². The van der Waals surface area contributed by atoms with Crippen molar-refractivity contribution in [1.82, 2.24) is 30.2 Å². The van der Waals surface area contributed by atoms with Crippen LogP contribution in [0.2, 0.25) is 0 Å². The molecule has 0 saturated carbocycles. The maximum atomic E-state index is 12.2. The number of likely N-dealkylation sites (tertiary alicyclic amines) is 1. The Morgan fingerprint density at radius 2 is 2.21 bits per heavy atom. The quantitative estimate of drug-likeness (QED) is 0.759. The molecule has 0 radical (unpaired) electrons. The van der Waals surface area contributed by atoms with E-state index in [9.17, 15) is 4.79 Å². The van der Waals surface area contributed by atoms with Crippen LogP contribution >= 0.6 is 0 Å². The molecule has 7 heteroatoms. The smallest absolute Gasteiger partial charge is 0.224 e. The van der Waals surface area contributed by atoms with Crippen molar-refractivity contribution in [2.75, 3.05) is 7.05 Å². The highest BCUT2D eigenvalue weighted by Gasteiger charge is 2.39. The standard InChI is InChI=1S/C17H20N6O/c1-22-16(24)8-14(17(22)15-5-6-20-23(15)2)18-9-11-3-4-12-10-19-21-13(12)7-11/h3-7,10,14,17-18H,8-9H2,1-2H3,(H,19,21)/t14-,17-/m1/s1. The highest BCUT2D eigenvalue weighted by Crippen LogP contribution is 2.31. The lowest BCUT2D eigenvalue weighted by Gasteiger charge is -2.25. The molecule has 2 aromatic heterocycles. The van der Waals surface area contributed by atoms with Crippen molar-refractivity contribution in [3.05, 3.63) is 47.9 Å². The van der Waals surface area contributed by atoms with Crippen molar-refractivity contribution in [3.63, 3.8) is 0 Å². The molecule has 124 valence electrons. The number of aromatic nitrogens is 4. The number of likely N-dealkylation sites (N-methyl/N-ethyl adjacent to an activating group) is 1. The molecule has 3 aromatic rings. The summed E-state index contributed by atoms with van der Waals surface area (Å²) in [5.41, 5.74) is 3.24. The largest absolute Gasteiger partial charge is 0.336 e. The number of hydrogen-bond donors (Lipinski definition) is 2. The van der Waals surface area contributed by atoms with E-state index in [0.29, 0.717) is 13.0 Å². The molecule has 7 nitrogen and oxygen atoms in total. The third-order valence-corrected chi connectivity index (χ3v) is 4.82. The second kappa shape index (κ2) is 5.76. The van der Waals surface area contributed by atoms with Gasteiger partial charge >= 0.3 is 0 Å². The first-order valence-corrected chi connectivity index (χ1v) is 8.02. The number of hydrogen-bond acceptors (Lipinski definition) is 4. The number of rotatable bonds is 4. The number of amides is 1. The first kappa shape index (κ1) is 14.9. The number of nitrogens with zero attached hydrogens (tertiary/aromatic N) is 4. The number of H-pyrrole nitrogens is 1. The third-order valence-electron chi connectivity index (χ3n) is 4.82. The summed E-state index contributed by atoms with van der Waals surface area (Å²) in [4.78, 5) is 14.0. The number of fused-ring (bicyclic) bond motifs is 1. The fourth-order valence-electron chi connectivity index (χ4n) is 3.47. The topological polar surface area (TPSA) is 78.8 Å². The summed E-state index contributed by atoms with van der Waals surface area (Å²) in [5, 5.41) is 15.9. The van der Waals surface area contributed by atoms with Gasteiger partial charge in [0.2, 0.25) is 5.91 Å². The minimum absolute atomic E-state index is 0.000820. The van der Waals surface area contributed by atoms with Gasteiger partial charge < -0.3 is 10.2 Å². The Balaban J connectivity index is 1.53. The molecule has 0 aliphatic carbocycles. The molecule has 1 aliphatic rings. The molecule has 0 bridgehead atoms. The maximum absolute atomic E-state index is 12.2. The lowest BCUT2D eigenvalue weighted by atomic mass is 10.0. The van der Waals surface area contributed by atoms with Gasteiger partial charge in [0.25, 0.3) is 0 Å². The Morgan fingerprint density at radius 1 is 1.33 bits per heavy atom. The van der Waals surface area contributed by atoms with Crippen molar-refractivity contribution in [2.45, 2.75) is 25.0 Å².